The highest BCUT2D eigenvalue weighted by molar-refractivity contribution is 9.10. The van der Waals surface area contributed by atoms with Gasteiger partial charge in [0.2, 0.25) is 5.70 Å². The lowest BCUT2D eigenvalue weighted by molar-refractivity contribution is -0.422. The van der Waals surface area contributed by atoms with Crippen molar-refractivity contribution >= 4 is 22.0 Å². The summed E-state index contributed by atoms with van der Waals surface area (Å²) in [5.41, 5.74) is 0.274. The monoisotopic (exact) mass is 287 g/mol. The smallest absolute Gasteiger partial charge is 0.243 e. The standard InChI is InChI=1S/C10H10BrNO4/c1-6(12(14)15)3-7-4-8(11)5-9(16-2)10(7)13/h3-5,13H,1-2H3. The van der Waals surface area contributed by atoms with E-state index in [9.17, 15) is 15.2 Å². The molecule has 0 bridgehead atoms. The molecule has 1 aromatic carbocycles. The number of hydrogen-bond donors (Lipinski definition) is 1. The van der Waals surface area contributed by atoms with Crippen LogP contribution >= 0.6 is 15.9 Å². The minimum absolute atomic E-state index is 0.0598. The van der Waals surface area contributed by atoms with Crippen LogP contribution in [0.4, 0.5) is 0 Å². The fourth-order valence-electron chi connectivity index (χ4n) is 1.14. The third kappa shape index (κ3) is 2.73. The Morgan fingerprint density at radius 2 is 2.25 bits per heavy atom. The van der Waals surface area contributed by atoms with Crippen molar-refractivity contribution in [1.82, 2.24) is 0 Å². The van der Waals surface area contributed by atoms with Gasteiger partial charge in [0.05, 0.1) is 12.0 Å². The second-order valence-electron chi connectivity index (χ2n) is 3.09. The molecule has 0 amide bonds. The molecule has 1 N–H and O–H groups in total. The average molecular weight is 288 g/mol. The van der Waals surface area contributed by atoms with E-state index < -0.39 is 4.92 Å². The molecule has 5 nitrogen and oxygen atoms in total. The van der Waals surface area contributed by atoms with Crippen LogP contribution in [0.1, 0.15) is 12.5 Å². The first-order valence-corrected chi connectivity index (χ1v) is 5.14. The summed E-state index contributed by atoms with van der Waals surface area (Å²) in [4.78, 5) is 9.95. The Hall–Kier alpha value is -1.56. The van der Waals surface area contributed by atoms with Crippen molar-refractivity contribution < 1.29 is 14.8 Å². The zero-order chi connectivity index (χ0) is 12.3. The topological polar surface area (TPSA) is 72.6 Å². The van der Waals surface area contributed by atoms with Crippen LogP contribution in [-0.2, 0) is 0 Å². The highest BCUT2D eigenvalue weighted by atomic mass is 79.9. The first-order valence-electron chi connectivity index (χ1n) is 4.35. The third-order valence-corrected chi connectivity index (χ3v) is 2.40. The number of phenolic OH excluding ortho intramolecular Hbond substituents is 1. The largest absolute Gasteiger partial charge is 0.504 e. The number of halogens is 1. The Morgan fingerprint density at radius 1 is 1.62 bits per heavy atom. The number of rotatable bonds is 3. The normalized spacial score (nSPS) is 11.3. The lowest BCUT2D eigenvalue weighted by Gasteiger charge is -2.06. The van der Waals surface area contributed by atoms with Crippen LogP contribution in [0.25, 0.3) is 6.08 Å². The predicted molar refractivity (Wildman–Crippen MR) is 63.0 cm³/mol. The molecule has 0 saturated heterocycles. The number of nitrogens with zero attached hydrogens (tertiary/aromatic N) is 1. The van der Waals surface area contributed by atoms with Gasteiger partial charge in [-0.1, -0.05) is 15.9 Å². The van der Waals surface area contributed by atoms with Crippen molar-refractivity contribution in [1.29, 1.82) is 0 Å². The first-order chi connectivity index (χ1) is 7.45. The zero-order valence-corrected chi connectivity index (χ0v) is 10.3. The van der Waals surface area contributed by atoms with Crippen molar-refractivity contribution in [2.75, 3.05) is 7.11 Å². The quantitative estimate of drug-likeness (QED) is 0.685. The molecule has 0 aliphatic rings. The Morgan fingerprint density at radius 3 is 2.75 bits per heavy atom. The van der Waals surface area contributed by atoms with E-state index in [0.717, 1.165) is 0 Å². The van der Waals surface area contributed by atoms with E-state index in [2.05, 4.69) is 15.9 Å². The summed E-state index contributed by atoms with van der Waals surface area (Å²) in [5, 5.41) is 20.2. The van der Waals surface area contributed by atoms with E-state index in [-0.39, 0.29) is 17.2 Å². The first kappa shape index (κ1) is 12.5. The molecule has 0 aromatic heterocycles. The molecule has 1 aromatic rings. The number of phenols is 1. The molecule has 86 valence electrons. The lowest BCUT2D eigenvalue weighted by atomic mass is 10.1. The van der Waals surface area contributed by atoms with Crippen molar-refractivity contribution in [2.45, 2.75) is 6.92 Å². The number of hydrogen-bond acceptors (Lipinski definition) is 4. The van der Waals surface area contributed by atoms with Crippen LogP contribution in [0.5, 0.6) is 11.5 Å². The molecule has 0 aliphatic heterocycles. The van der Waals surface area contributed by atoms with Crippen LogP contribution in [-0.4, -0.2) is 17.1 Å². The van der Waals surface area contributed by atoms with Crippen molar-refractivity contribution in [3.63, 3.8) is 0 Å². The number of benzene rings is 1. The van der Waals surface area contributed by atoms with Gasteiger partial charge in [-0.2, -0.15) is 0 Å². The maximum atomic E-state index is 10.5. The molecule has 0 spiro atoms. The van der Waals surface area contributed by atoms with Gasteiger partial charge in [-0.05, 0) is 12.1 Å². The number of aromatic hydroxyl groups is 1. The molecule has 0 radical (unpaired) electrons. The van der Waals surface area contributed by atoms with E-state index >= 15 is 0 Å². The van der Waals surface area contributed by atoms with E-state index in [1.807, 2.05) is 0 Å². The maximum Gasteiger partial charge on any atom is 0.243 e. The molecule has 0 aliphatic carbocycles. The van der Waals surface area contributed by atoms with E-state index in [0.29, 0.717) is 10.0 Å². The summed E-state index contributed by atoms with van der Waals surface area (Å²) in [6.45, 7) is 1.35. The summed E-state index contributed by atoms with van der Waals surface area (Å²) in [7, 11) is 1.41. The fraction of sp³-hybridized carbons (Fsp3) is 0.200. The van der Waals surface area contributed by atoms with Crippen molar-refractivity contribution in [3.8, 4) is 11.5 Å². The van der Waals surface area contributed by atoms with Gasteiger partial charge >= 0.3 is 0 Å². The second kappa shape index (κ2) is 4.98. The van der Waals surface area contributed by atoms with Gasteiger partial charge in [0, 0.05) is 23.0 Å². The number of ether oxygens (including phenoxy) is 1. The van der Waals surface area contributed by atoms with Gasteiger partial charge in [0.25, 0.3) is 0 Å². The minimum Gasteiger partial charge on any atom is -0.504 e. The summed E-state index contributed by atoms with van der Waals surface area (Å²) in [6, 6.07) is 3.15. The fourth-order valence-corrected chi connectivity index (χ4v) is 1.59. The molecule has 0 heterocycles. The minimum atomic E-state index is -0.521. The number of methoxy groups -OCH3 is 1. The van der Waals surface area contributed by atoms with Gasteiger partial charge < -0.3 is 9.84 Å². The number of nitro groups is 1. The van der Waals surface area contributed by atoms with E-state index in [1.165, 1.54) is 20.1 Å². The Bertz CT molecular complexity index is 456. The van der Waals surface area contributed by atoms with Gasteiger partial charge in [0.1, 0.15) is 0 Å². The third-order valence-electron chi connectivity index (χ3n) is 1.94. The summed E-state index contributed by atoms with van der Waals surface area (Å²) in [5.74, 6) is 0.142. The van der Waals surface area contributed by atoms with Crippen LogP contribution in [0.3, 0.4) is 0 Å². The summed E-state index contributed by atoms with van der Waals surface area (Å²) in [6.07, 6.45) is 1.28. The predicted octanol–water partition coefficient (Wildman–Crippen LogP) is 2.80. The van der Waals surface area contributed by atoms with E-state index in [4.69, 9.17) is 4.74 Å². The Labute approximate surface area is 101 Å². The van der Waals surface area contributed by atoms with Crippen molar-refractivity contribution in [3.05, 3.63) is 38.0 Å². The molecule has 6 heteroatoms. The van der Waals surface area contributed by atoms with Gasteiger partial charge in [-0.3, -0.25) is 10.1 Å². The van der Waals surface area contributed by atoms with Crippen LogP contribution < -0.4 is 4.74 Å². The average Bonchev–Trinajstić information content (AvgIpc) is 2.22. The highest BCUT2D eigenvalue weighted by Crippen LogP contribution is 2.34. The maximum absolute atomic E-state index is 10.5. The SMILES string of the molecule is COc1cc(Br)cc(C=C(C)[N+](=O)[O-])c1O. The molecular weight excluding hydrogens is 278 g/mol. The van der Waals surface area contributed by atoms with Crippen LogP contribution in [0, 0.1) is 10.1 Å². The lowest BCUT2D eigenvalue weighted by Crippen LogP contribution is -1.94. The summed E-state index contributed by atoms with van der Waals surface area (Å²) < 4.78 is 5.60. The molecule has 0 atom stereocenters. The molecule has 0 unspecified atom stereocenters. The van der Waals surface area contributed by atoms with E-state index in [1.54, 1.807) is 12.1 Å². The van der Waals surface area contributed by atoms with Gasteiger partial charge in [-0.25, -0.2) is 0 Å². The molecule has 0 fully saturated rings. The Kier molecular flexibility index (Phi) is 3.89. The molecule has 16 heavy (non-hydrogen) atoms. The van der Waals surface area contributed by atoms with Crippen LogP contribution in [0.15, 0.2) is 22.3 Å². The summed E-state index contributed by atoms with van der Waals surface area (Å²) >= 11 is 3.22. The molecule has 0 saturated carbocycles. The van der Waals surface area contributed by atoms with Gasteiger partial charge in [-0.15, -0.1) is 0 Å². The molecular formula is C10H10BrNO4. The number of allylic oxidation sites excluding steroid dienone is 1. The van der Waals surface area contributed by atoms with Crippen LogP contribution in [0.2, 0.25) is 0 Å². The molecule has 1 rings (SSSR count). The Balaban J connectivity index is 3.29. The van der Waals surface area contributed by atoms with Gasteiger partial charge in [0.15, 0.2) is 11.5 Å². The zero-order valence-electron chi connectivity index (χ0n) is 8.73. The highest BCUT2D eigenvalue weighted by Gasteiger charge is 2.11. The van der Waals surface area contributed by atoms with Crippen molar-refractivity contribution in [2.24, 2.45) is 0 Å². The second-order valence-corrected chi connectivity index (χ2v) is 4.00.